The van der Waals surface area contributed by atoms with E-state index in [9.17, 15) is 9.59 Å². The summed E-state index contributed by atoms with van der Waals surface area (Å²) >= 11 is 0. The van der Waals surface area contributed by atoms with Crippen molar-refractivity contribution in [1.82, 2.24) is 5.32 Å². The van der Waals surface area contributed by atoms with Gasteiger partial charge in [0.05, 0.1) is 13.2 Å². The number of amides is 2. The standard InChI is InChI=1S/C19H24N2O4/c22-18(20-16-10-4-1-5-11-16)24-14-8-3-9-15-25-19(23)21-17-12-6-2-7-13-17/h1,4-6,10-13H,2-3,7-9,14-15H2,(H,20,22)(H,21,23). The van der Waals surface area contributed by atoms with Crippen molar-refractivity contribution in [2.75, 3.05) is 18.5 Å². The number of carbonyl (C=O) groups is 2. The Labute approximate surface area is 147 Å². The molecule has 1 aromatic carbocycles. The molecule has 0 spiro atoms. The number of nitrogens with one attached hydrogen (secondary N) is 2. The lowest BCUT2D eigenvalue weighted by atomic mass is 10.1. The predicted octanol–water partition coefficient (Wildman–Crippen LogP) is 4.37. The van der Waals surface area contributed by atoms with E-state index in [0.717, 1.165) is 37.8 Å². The van der Waals surface area contributed by atoms with Gasteiger partial charge in [0.15, 0.2) is 0 Å². The highest BCUT2D eigenvalue weighted by molar-refractivity contribution is 5.84. The predicted molar refractivity (Wildman–Crippen MR) is 96.2 cm³/mol. The van der Waals surface area contributed by atoms with Crippen molar-refractivity contribution in [2.45, 2.75) is 32.1 Å². The number of hydrogen-bond acceptors (Lipinski definition) is 4. The summed E-state index contributed by atoms with van der Waals surface area (Å²) < 4.78 is 10.2. The molecule has 1 aromatic rings. The number of alkyl carbamates (subject to hydrolysis) is 1. The molecule has 25 heavy (non-hydrogen) atoms. The van der Waals surface area contributed by atoms with E-state index >= 15 is 0 Å². The Morgan fingerprint density at radius 2 is 1.56 bits per heavy atom. The summed E-state index contributed by atoms with van der Waals surface area (Å²) in [5.41, 5.74) is 1.49. The lowest BCUT2D eigenvalue weighted by Gasteiger charge is -2.10. The van der Waals surface area contributed by atoms with E-state index < -0.39 is 12.2 Å². The van der Waals surface area contributed by atoms with Crippen LogP contribution in [0, 0.1) is 0 Å². The number of anilines is 1. The third-order valence-corrected chi connectivity index (χ3v) is 3.52. The summed E-state index contributed by atoms with van der Waals surface area (Å²) in [6, 6.07) is 9.15. The van der Waals surface area contributed by atoms with Crippen molar-refractivity contribution in [3.8, 4) is 0 Å². The maximum absolute atomic E-state index is 11.6. The second kappa shape index (κ2) is 10.9. The number of benzene rings is 1. The molecule has 0 aliphatic heterocycles. The van der Waals surface area contributed by atoms with Gasteiger partial charge in [-0.2, -0.15) is 0 Å². The van der Waals surface area contributed by atoms with E-state index in [-0.39, 0.29) is 0 Å². The molecule has 6 heteroatoms. The molecule has 6 nitrogen and oxygen atoms in total. The first-order valence-corrected chi connectivity index (χ1v) is 8.53. The molecule has 0 radical (unpaired) electrons. The fourth-order valence-corrected chi connectivity index (χ4v) is 2.25. The molecule has 2 amide bonds. The van der Waals surface area contributed by atoms with Crippen molar-refractivity contribution in [1.29, 1.82) is 0 Å². The smallest absolute Gasteiger partial charge is 0.411 e. The highest BCUT2D eigenvalue weighted by atomic mass is 16.6. The van der Waals surface area contributed by atoms with Crippen LogP contribution in [0.1, 0.15) is 32.1 Å². The lowest BCUT2D eigenvalue weighted by Crippen LogP contribution is -2.23. The SMILES string of the molecule is O=C(NC1=CCCC=C1)OCCCCCOC(=O)Nc1ccccc1. The quantitative estimate of drug-likeness (QED) is 0.687. The molecule has 0 heterocycles. The van der Waals surface area contributed by atoms with Crippen molar-refractivity contribution in [3.05, 3.63) is 54.3 Å². The average molecular weight is 344 g/mol. The van der Waals surface area contributed by atoms with Crippen LogP contribution in [0.2, 0.25) is 0 Å². The fraction of sp³-hybridized carbons (Fsp3) is 0.368. The molecule has 2 rings (SSSR count). The Kier molecular flexibility index (Phi) is 8.11. The topological polar surface area (TPSA) is 76.7 Å². The molecule has 0 saturated heterocycles. The number of carbonyl (C=O) groups excluding carboxylic acids is 2. The fourth-order valence-electron chi connectivity index (χ4n) is 2.25. The lowest BCUT2D eigenvalue weighted by molar-refractivity contribution is 0.143. The molecule has 0 saturated carbocycles. The summed E-state index contributed by atoms with van der Waals surface area (Å²) in [6.45, 7) is 0.682. The van der Waals surface area contributed by atoms with Crippen LogP contribution in [0.5, 0.6) is 0 Å². The van der Waals surface area contributed by atoms with Crippen molar-refractivity contribution in [2.24, 2.45) is 0 Å². The zero-order chi connectivity index (χ0) is 17.7. The zero-order valence-corrected chi connectivity index (χ0v) is 14.2. The maximum atomic E-state index is 11.6. The van der Waals surface area contributed by atoms with E-state index in [1.54, 1.807) is 12.1 Å². The van der Waals surface area contributed by atoms with Crippen molar-refractivity contribution < 1.29 is 19.1 Å². The Bertz CT molecular complexity index is 611. The first kappa shape index (κ1) is 18.6. The van der Waals surface area contributed by atoms with Gasteiger partial charge in [-0.1, -0.05) is 30.4 Å². The summed E-state index contributed by atoms with van der Waals surface area (Å²) in [7, 11) is 0. The van der Waals surface area contributed by atoms with E-state index in [2.05, 4.69) is 10.6 Å². The van der Waals surface area contributed by atoms with Crippen LogP contribution in [-0.2, 0) is 9.47 Å². The van der Waals surface area contributed by atoms with Gasteiger partial charge in [-0.15, -0.1) is 0 Å². The molecule has 0 fully saturated rings. The minimum atomic E-state index is -0.462. The number of unbranched alkanes of at least 4 members (excludes halogenated alkanes) is 2. The van der Waals surface area contributed by atoms with Gasteiger partial charge in [0.1, 0.15) is 0 Å². The second-order valence-electron chi connectivity index (χ2n) is 5.59. The third-order valence-electron chi connectivity index (χ3n) is 3.52. The second-order valence-corrected chi connectivity index (χ2v) is 5.59. The molecule has 1 aliphatic rings. The van der Waals surface area contributed by atoms with Crippen LogP contribution in [0.15, 0.2) is 54.3 Å². The van der Waals surface area contributed by atoms with Crippen molar-refractivity contribution in [3.63, 3.8) is 0 Å². The Balaban J connectivity index is 1.45. The van der Waals surface area contributed by atoms with Crippen LogP contribution >= 0.6 is 0 Å². The number of rotatable bonds is 8. The first-order chi connectivity index (χ1) is 12.2. The van der Waals surface area contributed by atoms with Gasteiger partial charge in [0.25, 0.3) is 0 Å². The molecular weight excluding hydrogens is 320 g/mol. The number of hydrogen-bond donors (Lipinski definition) is 2. The van der Waals surface area contributed by atoms with Crippen LogP contribution in [0.3, 0.4) is 0 Å². The molecule has 0 bridgehead atoms. The molecule has 2 N–H and O–H groups in total. The first-order valence-electron chi connectivity index (χ1n) is 8.53. The zero-order valence-electron chi connectivity index (χ0n) is 14.2. The minimum Gasteiger partial charge on any atom is -0.449 e. The largest absolute Gasteiger partial charge is 0.449 e. The monoisotopic (exact) mass is 344 g/mol. The van der Waals surface area contributed by atoms with Gasteiger partial charge >= 0.3 is 12.2 Å². The summed E-state index contributed by atoms with van der Waals surface area (Å²) in [6.07, 6.45) is 9.18. The Hall–Kier alpha value is -2.76. The van der Waals surface area contributed by atoms with Crippen LogP contribution in [-0.4, -0.2) is 25.4 Å². The molecule has 0 atom stereocenters. The highest BCUT2D eigenvalue weighted by Gasteiger charge is 2.05. The summed E-state index contributed by atoms with van der Waals surface area (Å²) in [4.78, 5) is 23.1. The van der Waals surface area contributed by atoms with Gasteiger partial charge in [0.2, 0.25) is 0 Å². The molecule has 1 aliphatic carbocycles. The average Bonchev–Trinajstić information content (AvgIpc) is 2.62. The van der Waals surface area contributed by atoms with E-state index in [1.165, 1.54) is 0 Å². The molecule has 134 valence electrons. The van der Waals surface area contributed by atoms with Crippen molar-refractivity contribution >= 4 is 17.9 Å². The Morgan fingerprint density at radius 1 is 0.880 bits per heavy atom. The summed E-state index contributed by atoms with van der Waals surface area (Å²) in [5, 5.41) is 5.34. The van der Waals surface area contributed by atoms with Crippen LogP contribution in [0.25, 0.3) is 0 Å². The van der Waals surface area contributed by atoms with Crippen LogP contribution in [0.4, 0.5) is 15.3 Å². The minimum absolute atomic E-state index is 0.336. The maximum Gasteiger partial charge on any atom is 0.411 e. The number of ether oxygens (including phenoxy) is 2. The summed E-state index contributed by atoms with van der Waals surface area (Å²) in [5.74, 6) is 0. The van der Waals surface area contributed by atoms with Gasteiger partial charge in [0, 0.05) is 11.4 Å². The van der Waals surface area contributed by atoms with Gasteiger partial charge in [-0.25, -0.2) is 9.59 Å². The van der Waals surface area contributed by atoms with Gasteiger partial charge in [-0.3, -0.25) is 10.6 Å². The third kappa shape index (κ3) is 8.06. The van der Waals surface area contributed by atoms with Gasteiger partial charge in [-0.05, 0) is 50.3 Å². The Morgan fingerprint density at radius 3 is 2.20 bits per heavy atom. The normalized spacial score (nSPS) is 12.9. The van der Waals surface area contributed by atoms with Crippen LogP contribution < -0.4 is 10.6 Å². The van der Waals surface area contributed by atoms with E-state index in [1.807, 2.05) is 36.4 Å². The van der Waals surface area contributed by atoms with E-state index in [0.29, 0.717) is 18.9 Å². The molecular formula is C19H24N2O4. The van der Waals surface area contributed by atoms with Gasteiger partial charge < -0.3 is 9.47 Å². The molecule has 0 unspecified atom stereocenters. The molecule has 0 aromatic heterocycles. The van der Waals surface area contributed by atoms with E-state index in [4.69, 9.17) is 9.47 Å². The highest BCUT2D eigenvalue weighted by Crippen LogP contribution is 2.07. The number of allylic oxidation sites excluding steroid dienone is 3. The number of para-hydroxylation sites is 1.